The summed E-state index contributed by atoms with van der Waals surface area (Å²) in [7, 11) is 1.78. The molecule has 0 saturated carbocycles. The molecule has 0 spiro atoms. The summed E-state index contributed by atoms with van der Waals surface area (Å²) in [6.45, 7) is 3.13. The molecule has 2 heterocycles. The summed E-state index contributed by atoms with van der Waals surface area (Å²) >= 11 is 5.99. The van der Waals surface area contributed by atoms with Crippen LogP contribution in [0.25, 0.3) is 0 Å². The second-order valence-corrected chi connectivity index (χ2v) is 6.80. The molecule has 1 fully saturated rings. The SMILES string of the molecule is CN(Cc1cccc(Cl)c1)C(=O)NCc1ccnc(N2CCCC2)c1. The molecule has 25 heavy (non-hydrogen) atoms. The molecular formula is C19H23ClN4O. The van der Waals surface area contributed by atoms with E-state index in [-0.39, 0.29) is 6.03 Å². The number of benzene rings is 1. The maximum absolute atomic E-state index is 12.3. The Morgan fingerprint density at radius 2 is 2.04 bits per heavy atom. The number of amides is 2. The van der Waals surface area contributed by atoms with Gasteiger partial charge in [-0.05, 0) is 48.2 Å². The minimum Gasteiger partial charge on any atom is -0.357 e. The van der Waals surface area contributed by atoms with E-state index in [1.54, 1.807) is 11.9 Å². The maximum atomic E-state index is 12.3. The van der Waals surface area contributed by atoms with Crippen molar-refractivity contribution in [2.75, 3.05) is 25.0 Å². The maximum Gasteiger partial charge on any atom is 0.317 e. The molecule has 2 aromatic rings. The van der Waals surface area contributed by atoms with Gasteiger partial charge in [0.05, 0.1) is 0 Å². The van der Waals surface area contributed by atoms with Gasteiger partial charge in [0.1, 0.15) is 5.82 Å². The molecule has 0 bridgehead atoms. The molecule has 1 aromatic heterocycles. The summed E-state index contributed by atoms with van der Waals surface area (Å²) in [5.41, 5.74) is 2.06. The lowest BCUT2D eigenvalue weighted by Gasteiger charge is -2.19. The van der Waals surface area contributed by atoms with Crippen LogP contribution >= 0.6 is 11.6 Å². The van der Waals surface area contributed by atoms with Gasteiger partial charge in [-0.15, -0.1) is 0 Å². The molecule has 1 aromatic carbocycles. The second-order valence-electron chi connectivity index (χ2n) is 6.36. The Morgan fingerprint density at radius 3 is 2.80 bits per heavy atom. The lowest BCUT2D eigenvalue weighted by Crippen LogP contribution is -2.36. The monoisotopic (exact) mass is 358 g/mol. The van der Waals surface area contributed by atoms with Gasteiger partial charge < -0.3 is 15.1 Å². The second kappa shape index (κ2) is 8.21. The Labute approximate surface area is 153 Å². The smallest absolute Gasteiger partial charge is 0.317 e. The quantitative estimate of drug-likeness (QED) is 0.887. The van der Waals surface area contributed by atoms with Gasteiger partial charge in [0.2, 0.25) is 0 Å². The third kappa shape index (κ3) is 4.86. The number of pyridine rings is 1. The van der Waals surface area contributed by atoms with Crippen LogP contribution in [0.5, 0.6) is 0 Å². The van der Waals surface area contributed by atoms with E-state index in [4.69, 9.17) is 11.6 Å². The van der Waals surface area contributed by atoms with E-state index < -0.39 is 0 Å². The first-order valence-electron chi connectivity index (χ1n) is 8.55. The summed E-state index contributed by atoms with van der Waals surface area (Å²) < 4.78 is 0. The van der Waals surface area contributed by atoms with Gasteiger partial charge in [-0.1, -0.05) is 23.7 Å². The molecule has 0 unspecified atom stereocenters. The van der Waals surface area contributed by atoms with E-state index in [2.05, 4.69) is 21.3 Å². The van der Waals surface area contributed by atoms with Crippen molar-refractivity contribution in [3.8, 4) is 0 Å². The minimum absolute atomic E-state index is 0.112. The minimum atomic E-state index is -0.112. The molecule has 3 rings (SSSR count). The first-order valence-corrected chi connectivity index (χ1v) is 8.93. The Hall–Kier alpha value is -2.27. The van der Waals surface area contributed by atoms with E-state index in [1.165, 1.54) is 12.8 Å². The number of hydrogen-bond donors (Lipinski definition) is 1. The Morgan fingerprint density at radius 1 is 1.24 bits per heavy atom. The number of hydrogen-bond acceptors (Lipinski definition) is 3. The van der Waals surface area contributed by atoms with Gasteiger partial charge in [0.25, 0.3) is 0 Å². The summed E-state index contributed by atoms with van der Waals surface area (Å²) in [6.07, 6.45) is 4.25. The Balaban J connectivity index is 1.53. The van der Waals surface area contributed by atoms with Crippen molar-refractivity contribution in [1.29, 1.82) is 0 Å². The average molecular weight is 359 g/mol. The molecule has 1 aliphatic rings. The summed E-state index contributed by atoms with van der Waals surface area (Å²) in [4.78, 5) is 20.7. The number of urea groups is 1. The van der Waals surface area contributed by atoms with Crippen molar-refractivity contribution in [3.63, 3.8) is 0 Å². The van der Waals surface area contributed by atoms with Crippen LogP contribution in [0.1, 0.15) is 24.0 Å². The fourth-order valence-corrected chi connectivity index (χ4v) is 3.20. The highest BCUT2D eigenvalue weighted by Gasteiger charge is 2.14. The van der Waals surface area contributed by atoms with Gasteiger partial charge in [-0.25, -0.2) is 9.78 Å². The normalized spacial score (nSPS) is 13.8. The van der Waals surface area contributed by atoms with Gasteiger partial charge in [-0.2, -0.15) is 0 Å². The van der Waals surface area contributed by atoms with Crippen LogP contribution in [0, 0.1) is 0 Å². The van der Waals surface area contributed by atoms with Crippen molar-refractivity contribution >= 4 is 23.4 Å². The van der Waals surface area contributed by atoms with Crippen LogP contribution in [0.4, 0.5) is 10.6 Å². The zero-order chi connectivity index (χ0) is 17.6. The molecule has 0 aliphatic carbocycles. The largest absolute Gasteiger partial charge is 0.357 e. The molecule has 1 aliphatic heterocycles. The van der Waals surface area contributed by atoms with Crippen LogP contribution < -0.4 is 10.2 Å². The number of carbonyl (C=O) groups is 1. The third-order valence-electron chi connectivity index (χ3n) is 4.34. The standard InChI is InChI=1S/C19H23ClN4O/c1-23(14-16-5-4-6-17(20)11-16)19(25)22-13-15-7-8-21-18(12-15)24-9-2-3-10-24/h4-8,11-12H,2-3,9-10,13-14H2,1H3,(H,22,25). The molecule has 1 N–H and O–H groups in total. The highest BCUT2D eigenvalue weighted by Crippen LogP contribution is 2.18. The number of nitrogens with zero attached hydrogens (tertiary/aromatic N) is 3. The number of carbonyl (C=O) groups excluding carboxylic acids is 1. The molecule has 0 atom stereocenters. The van der Waals surface area contributed by atoms with Crippen molar-refractivity contribution in [2.45, 2.75) is 25.9 Å². The van der Waals surface area contributed by atoms with E-state index in [0.29, 0.717) is 18.1 Å². The van der Waals surface area contributed by atoms with E-state index in [9.17, 15) is 4.79 Å². The predicted molar refractivity (Wildman–Crippen MR) is 101 cm³/mol. The van der Waals surface area contributed by atoms with Gasteiger partial charge in [-0.3, -0.25) is 0 Å². The summed E-state index contributed by atoms with van der Waals surface area (Å²) in [5.74, 6) is 0.997. The molecular weight excluding hydrogens is 336 g/mol. The van der Waals surface area contributed by atoms with Crippen LogP contribution in [0.2, 0.25) is 5.02 Å². The molecule has 0 radical (unpaired) electrons. The first-order chi connectivity index (χ1) is 12.1. The lowest BCUT2D eigenvalue weighted by molar-refractivity contribution is 0.206. The van der Waals surface area contributed by atoms with Crippen molar-refractivity contribution in [3.05, 3.63) is 58.7 Å². The first kappa shape index (κ1) is 17.5. The van der Waals surface area contributed by atoms with E-state index >= 15 is 0 Å². The molecule has 1 saturated heterocycles. The Kier molecular flexibility index (Phi) is 5.76. The van der Waals surface area contributed by atoms with Crippen molar-refractivity contribution < 1.29 is 4.79 Å². The van der Waals surface area contributed by atoms with Crippen LogP contribution in [-0.4, -0.2) is 36.1 Å². The number of rotatable bonds is 5. The van der Waals surface area contributed by atoms with E-state index in [1.807, 2.05) is 36.5 Å². The zero-order valence-corrected chi connectivity index (χ0v) is 15.2. The number of aromatic nitrogens is 1. The van der Waals surface area contributed by atoms with E-state index in [0.717, 1.165) is 30.0 Å². The highest BCUT2D eigenvalue weighted by molar-refractivity contribution is 6.30. The summed E-state index contributed by atoms with van der Waals surface area (Å²) in [5, 5.41) is 3.64. The number of halogens is 1. The zero-order valence-electron chi connectivity index (χ0n) is 14.4. The Bertz CT molecular complexity index is 731. The van der Waals surface area contributed by atoms with Crippen LogP contribution in [0.15, 0.2) is 42.6 Å². The summed E-state index contributed by atoms with van der Waals surface area (Å²) in [6, 6.07) is 11.4. The molecule has 5 nitrogen and oxygen atoms in total. The fourth-order valence-electron chi connectivity index (χ4n) is 2.98. The van der Waals surface area contributed by atoms with Gasteiger partial charge in [0.15, 0.2) is 0 Å². The topological polar surface area (TPSA) is 48.5 Å². The van der Waals surface area contributed by atoms with Crippen molar-refractivity contribution in [1.82, 2.24) is 15.2 Å². The molecule has 6 heteroatoms. The van der Waals surface area contributed by atoms with Crippen LogP contribution in [-0.2, 0) is 13.1 Å². The predicted octanol–water partition coefficient (Wildman–Crippen LogP) is 3.68. The third-order valence-corrected chi connectivity index (χ3v) is 4.57. The van der Waals surface area contributed by atoms with Crippen molar-refractivity contribution in [2.24, 2.45) is 0 Å². The van der Waals surface area contributed by atoms with Gasteiger partial charge >= 0.3 is 6.03 Å². The molecule has 132 valence electrons. The van der Waals surface area contributed by atoms with Gasteiger partial charge in [0, 0.05) is 44.4 Å². The molecule has 2 amide bonds. The van der Waals surface area contributed by atoms with Crippen LogP contribution in [0.3, 0.4) is 0 Å². The number of nitrogens with one attached hydrogen (secondary N) is 1. The fraction of sp³-hybridized carbons (Fsp3) is 0.368. The lowest BCUT2D eigenvalue weighted by atomic mass is 10.2. The highest BCUT2D eigenvalue weighted by atomic mass is 35.5. The number of anilines is 1. The average Bonchev–Trinajstić information content (AvgIpc) is 3.14.